The number of hydrogen-bond donors (Lipinski definition) is 1. The van der Waals surface area contributed by atoms with E-state index in [0.29, 0.717) is 56.8 Å². The van der Waals surface area contributed by atoms with Crippen LogP contribution in [0.3, 0.4) is 0 Å². The number of likely N-dealkylation sites (tertiary alicyclic amines) is 1. The molecule has 2 amide bonds. The van der Waals surface area contributed by atoms with Gasteiger partial charge in [0.25, 0.3) is 0 Å². The summed E-state index contributed by atoms with van der Waals surface area (Å²) in [4.78, 5) is 26.3. The van der Waals surface area contributed by atoms with Gasteiger partial charge in [0.05, 0.1) is 4.90 Å². The van der Waals surface area contributed by atoms with Crippen LogP contribution in [-0.4, -0.2) is 55.6 Å². The molecule has 0 saturated carbocycles. The first kappa shape index (κ1) is 20.3. The van der Waals surface area contributed by atoms with Crippen LogP contribution in [0.4, 0.5) is 0 Å². The Morgan fingerprint density at radius 3 is 2.17 bits per heavy atom. The van der Waals surface area contributed by atoms with Crippen LogP contribution < -0.4 is 5.73 Å². The van der Waals surface area contributed by atoms with Crippen molar-refractivity contribution in [3.8, 4) is 0 Å². The molecule has 0 spiro atoms. The van der Waals surface area contributed by atoms with Gasteiger partial charge < -0.3 is 10.6 Å². The molecule has 2 N–H and O–H groups in total. The van der Waals surface area contributed by atoms with E-state index in [0.717, 1.165) is 24.8 Å². The molecule has 1 aliphatic carbocycles. The van der Waals surface area contributed by atoms with E-state index in [1.807, 2.05) is 17.0 Å². The Labute approximate surface area is 172 Å². The second-order valence-electron chi connectivity index (χ2n) is 8.46. The highest BCUT2D eigenvalue weighted by atomic mass is 32.2. The molecular weight excluding hydrogens is 390 g/mol. The number of aryl methyl sites for hydroxylation is 2. The lowest BCUT2D eigenvalue weighted by Gasteiger charge is -2.36. The van der Waals surface area contributed by atoms with E-state index in [1.165, 1.54) is 9.87 Å². The summed E-state index contributed by atoms with van der Waals surface area (Å²) in [5.74, 6) is -0.491. The number of primary amides is 1. The molecule has 1 aromatic carbocycles. The minimum absolute atomic E-state index is 0.0856. The lowest BCUT2D eigenvalue weighted by Crippen LogP contribution is -2.47. The number of piperidine rings is 2. The number of benzene rings is 1. The van der Waals surface area contributed by atoms with Crippen LogP contribution in [0.15, 0.2) is 23.1 Å². The summed E-state index contributed by atoms with van der Waals surface area (Å²) in [7, 11) is -3.52. The molecule has 0 aromatic heterocycles. The SMILES string of the molecule is NC(=O)C1CCN(C(=O)C2CCN(S(=O)(=O)c3ccc4c(c3)CCC4)CC2)CC1. The Bertz CT molecular complexity index is 899. The zero-order valence-corrected chi connectivity index (χ0v) is 17.5. The molecular formula is C21H29N3O4S. The van der Waals surface area contributed by atoms with Gasteiger partial charge in [-0.05, 0) is 68.2 Å². The molecule has 7 nitrogen and oxygen atoms in total. The maximum absolute atomic E-state index is 13.1. The molecule has 2 saturated heterocycles. The smallest absolute Gasteiger partial charge is 0.243 e. The summed E-state index contributed by atoms with van der Waals surface area (Å²) in [6.07, 6.45) is 5.38. The highest BCUT2D eigenvalue weighted by Gasteiger charge is 2.35. The average molecular weight is 420 g/mol. The molecule has 0 unspecified atom stereocenters. The van der Waals surface area contributed by atoms with E-state index in [4.69, 9.17) is 5.73 Å². The molecule has 0 bridgehead atoms. The fourth-order valence-electron chi connectivity index (χ4n) is 4.84. The predicted molar refractivity (Wildman–Crippen MR) is 108 cm³/mol. The van der Waals surface area contributed by atoms with Gasteiger partial charge in [-0.25, -0.2) is 8.42 Å². The minimum Gasteiger partial charge on any atom is -0.369 e. The van der Waals surface area contributed by atoms with Crippen LogP contribution in [0, 0.1) is 11.8 Å². The van der Waals surface area contributed by atoms with Crippen LogP contribution in [0.1, 0.15) is 43.2 Å². The second-order valence-corrected chi connectivity index (χ2v) is 10.4. The number of nitrogens with two attached hydrogens (primary N) is 1. The van der Waals surface area contributed by atoms with Crippen molar-refractivity contribution in [3.05, 3.63) is 29.3 Å². The monoisotopic (exact) mass is 419 g/mol. The van der Waals surface area contributed by atoms with E-state index < -0.39 is 10.0 Å². The molecule has 3 aliphatic rings. The van der Waals surface area contributed by atoms with Crippen molar-refractivity contribution >= 4 is 21.8 Å². The number of sulfonamides is 1. The molecule has 0 radical (unpaired) electrons. The van der Waals surface area contributed by atoms with Gasteiger partial charge in [-0.1, -0.05) is 6.07 Å². The van der Waals surface area contributed by atoms with Gasteiger partial charge in [-0.15, -0.1) is 0 Å². The Morgan fingerprint density at radius 1 is 0.897 bits per heavy atom. The Morgan fingerprint density at radius 2 is 1.52 bits per heavy atom. The summed E-state index contributed by atoms with van der Waals surface area (Å²) in [6, 6.07) is 5.50. The normalized spacial score (nSPS) is 21.9. The molecule has 2 heterocycles. The highest BCUT2D eigenvalue weighted by molar-refractivity contribution is 7.89. The zero-order chi connectivity index (χ0) is 20.6. The quantitative estimate of drug-likeness (QED) is 0.795. The van der Waals surface area contributed by atoms with Gasteiger partial charge in [0, 0.05) is 38.0 Å². The van der Waals surface area contributed by atoms with Gasteiger partial charge >= 0.3 is 0 Å². The van der Waals surface area contributed by atoms with Crippen LogP contribution >= 0.6 is 0 Å². The molecule has 4 rings (SSSR count). The number of hydrogen-bond acceptors (Lipinski definition) is 4. The van der Waals surface area contributed by atoms with Crippen LogP contribution in [0.2, 0.25) is 0 Å². The largest absolute Gasteiger partial charge is 0.369 e. The summed E-state index contributed by atoms with van der Waals surface area (Å²) < 4.78 is 27.6. The summed E-state index contributed by atoms with van der Waals surface area (Å²) in [5, 5.41) is 0. The van der Waals surface area contributed by atoms with E-state index in [-0.39, 0.29) is 23.7 Å². The fraction of sp³-hybridized carbons (Fsp3) is 0.619. The number of amides is 2. The van der Waals surface area contributed by atoms with Crippen molar-refractivity contribution in [1.29, 1.82) is 0 Å². The van der Waals surface area contributed by atoms with E-state index in [1.54, 1.807) is 6.07 Å². The molecule has 0 atom stereocenters. The third-order valence-electron chi connectivity index (χ3n) is 6.72. The molecule has 29 heavy (non-hydrogen) atoms. The van der Waals surface area contributed by atoms with Crippen LogP contribution in [0.5, 0.6) is 0 Å². The van der Waals surface area contributed by atoms with Gasteiger partial charge in [-0.3, -0.25) is 9.59 Å². The number of rotatable bonds is 4. The topological polar surface area (TPSA) is 101 Å². The standard InChI is InChI=1S/C21H29N3O4S/c22-20(25)16-6-10-23(11-7-16)21(26)17-8-12-24(13-9-17)29(27,28)19-5-4-15-2-1-3-18(15)14-19/h4-5,14,16-17H,1-3,6-13H2,(H2,22,25). The minimum atomic E-state index is -3.52. The number of fused-ring (bicyclic) bond motifs is 1. The third kappa shape index (κ3) is 4.05. The van der Waals surface area contributed by atoms with Crippen molar-refractivity contribution < 1.29 is 18.0 Å². The number of carbonyl (C=O) groups is 2. The highest BCUT2D eigenvalue weighted by Crippen LogP contribution is 2.29. The maximum atomic E-state index is 13.1. The van der Waals surface area contributed by atoms with Crippen molar-refractivity contribution in [1.82, 2.24) is 9.21 Å². The average Bonchev–Trinajstić information content (AvgIpc) is 3.21. The first-order chi connectivity index (χ1) is 13.9. The molecule has 158 valence electrons. The van der Waals surface area contributed by atoms with Crippen molar-refractivity contribution in [2.45, 2.75) is 49.8 Å². The Kier molecular flexibility index (Phi) is 5.66. The fourth-order valence-corrected chi connectivity index (χ4v) is 6.36. The van der Waals surface area contributed by atoms with Gasteiger partial charge in [0.15, 0.2) is 0 Å². The van der Waals surface area contributed by atoms with Crippen molar-refractivity contribution in [3.63, 3.8) is 0 Å². The number of carbonyl (C=O) groups excluding carboxylic acids is 2. The molecule has 2 aliphatic heterocycles. The van der Waals surface area contributed by atoms with Crippen LogP contribution in [-0.2, 0) is 32.5 Å². The summed E-state index contributed by atoms with van der Waals surface area (Å²) >= 11 is 0. The van der Waals surface area contributed by atoms with Gasteiger partial charge in [0.2, 0.25) is 21.8 Å². The second kappa shape index (κ2) is 8.07. The van der Waals surface area contributed by atoms with Crippen LogP contribution in [0.25, 0.3) is 0 Å². The van der Waals surface area contributed by atoms with E-state index in [9.17, 15) is 18.0 Å². The zero-order valence-electron chi connectivity index (χ0n) is 16.7. The molecule has 2 fully saturated rings. The Hall–Kier alpha value is -1.93. The molecule has 8 heteroatoms. The first-order valence-electron chi connectivity index (χ1n) is 10.6. The molecule has 1 aromatic rings. The summed E-state index contributed by atoms with van der Waals surface area (Å²) in [5.41, 5.74) is 7.77. The lowest BCUT2D eigenvalue weighted by atomic mass is 9.92. The predicted octanol–water partition coefficient (Wildman–Crippen LogP) is 1.30. The maximum Gasteiger partial charge on any atom is 0.243 e. The van der Waals surface area contributed by atoms with E-state index >= 15 is 0 Å². The first-order valence-corrected chi connectivity index (χ1v) is 12.0. The van der Waals surface area contributed by atoms with Gasteiger partial charge in [-0.2, -0.15) is 4.31 Å². The number of nitrogens with zero attached hydrogens (tertiary/aromatic N) is 2. The van der Waals surface area contributed by atoms with E-state index in [2.05, 4.69) is 0 Å². The van der Waals surface area contributed by atoms with Gasteiger partial charge in [0.1, 0.15) is 0 Å². The Balaban J connectivity index is 1.35. The van der Waals surface area contributed by atoms with Crippen molar-refractivity contribution in [2.24, 2.45) is 17.6 Å². The lowest BCUT2D eigenvalue weighted by molar-refractivity contribution is -0.139. The summed E-state index contributed by atoms with van der Waals surface area (Å²) in [6.45, 7) is 1.85. The third-order valence-corrected chi connectivity index (χ3v) is 8.61. The van der Waals surface area contributed by atoms with Crippen molar-refractivity contribution in [2.75, 3.05) is 26.2 Å².